The van der Waals surface area contributed by atoms with Crippen LogP contribution < -0.4 is 20.1 Å². The highest BCUT2D eigenvalue weighted by atomic mass is 32.2. The fraction of sp³-hybridized carbons (Fsp3) is 0.125. The highest BCUT2D eigenvalue weighted by molar-refractivity contribution is 7.87. The zero-order valence-electron chi connectivity index (χ0n) is 13.5. The molecule has 0 unspecified atom stereocenters. The minimum absolute atomic E-state index is 0.174. The molecule has 0 spiro atoms. The SMILES string of the molecule is COc1ccc2c(c1)c(=O)n(OS(=O)(=O)C(F)(F)F)c(=O)c1ccccc12. The van der Waals surface area contributed by atoms with Crippen molar-refractivity contribution in [3.63, 3.8) is 0 Å². The van der Waals surface area contributed by atoms with Crippen molar-refractivity contribution in [2.75, 3.05) is 7.11 Å². The van der Waals surface area contributed by atoms with Crippen molar-refractivity contribution in [3.05, 3.63) is 63.2 Å². The van der Waals surface area contributed by atoms with Crippen molar-refractivity contribution in [3.8, 4) is 5.75 Å². The van der Waals surface area contributed by atoms with Crippen LogP contribution in [0.4, 0.5) is 13.2 Å². The first-order valence-electron chi connectivity index (χ1n) is 7.24. The van der Waals surface area contributed by atoms with Crippen LogP contribution in [-0.4, -0.2) is 25.8 Å². The molecule has 11 heteroatoms. The lowest BCUT2D eigenvalue weighted by Crippen LogP contribution is -2.43. The second-order valence-corrected chi connectivity index (χ2v) is 6.86. The summed E-state index contributed by atoms with van der Waals surface area (Å²) in [5.74, 6) is 0.174. The van der Waals surface area contributed by atoms with Crippen molar-refractivity contribution in [1.82, 2.24) is 4.73 Å². The number of alkyl halides is 3. The normalized spacial score (nSPS) is 12.3. The number of aromatic nitrogens is 1. The van der Waals surface area contributed by atoms with Crippen molar-refractivity contribution < 1.29 is 30.6 Å². The maximum absolute atomic E-state index is 12.7. The van der Waals surface area contributed by atoms with Crippen LogP contribution >= 0.6 is 0 Å². The minimum Gasteiger partial charge on any atom is -0.497 e. The first kappa shape index (κ1) is 18.7. The molecule has 2 aromatic carbocycles. The van der Waals surface area contributed by atoms with Crippen molar-refractivity contribution in [1.29, 1.82) is 0 Å². The molecule has 0 aliphatic rings. The summed E-state index contributed by atoms with van der Waals surface area (Å²) in [6.45, 7) is 0. The summed E-state index contributed by atoms with van der Waals surface area (Å²) in [6.07, 6.45) is 0. The molecule has 3 aromatic rings. The fourth-order valence-corrected chi connectivity index (χ4v) is 2.90. The van der Waals surface area contributed by atoms with Gasteiger partial charge >= 0.3 is 15.6 Å². The molecule has 1 heterocycles. The molecule has 0 N–H and O–H groups in total. The van der Waals surface area contributed by atoms with E-state index in [-0.39, 0.29) is 27.3 Å². The molecule has 0 saturated heterocycles. The predicted molar refractivity (Wildman–Crippen MR) is 90.1 cm³/mol. The van der Waals surface area contributed by atoms with E-state index < -0.39 is 31.5 Å². The minimum atomic E-state index is -6.25. The van der Waals surface area contributed by atoms with E-state index in [1.165, 1.54) is 43.5 Å². The van der Waals surface area contributed by atoms with E-state index in [1.54, 1.807) is 6.07 Å². The number of rotatable bonds is 3. The molecule has 3 rings (SSSR count). The number of benzene rings is 2. The molecule has 0 aliphatic carbocycles. The largest absolute Gasteiger partial charge is 0.536 e. The van der Waals surface area contributed by atoms with E-state index in [0.717, 1.165) is 0 Å². The standard InChI is InChI=1S/C16H10F3NO6S/c1-25-9-6-7-11-10-4-2-3-5-12(10)14(21)20(15(22)13(11)8-9)26-27(23,24)16(17,18)19/h2-8H,1H3. The number of fused-ring (bicyclic) bond motifs is 3. The molecular weight excluding hydrogens is 391 g/mol. The third-order valence-corrected chi connectivity index (χ3v) is 4.64. The van der Waals surface area contributed by atoms with Crippen molar-refractivity contribution in [2.45, 2.75) is 5.51 Å². The number of hydrogen-bond donors (Lipinski definition) is 0. The average Bonchev–Trinajstić information content (AvgIpc) is 2.70. The average molecular weight is 401 g/mol. The first-order valence-corrected chi connectivity index (χ1v) is 8.65. The highest BCUT2D eigenvalue weighted by Gasteiger charge is 2.49. The Kier molecular flexibility index (Phi) is 4.34. The Labute approximate surface area is 149 Å². The van der Waals surface area contributed by atoms with Gasteiger partial charge in [0.1, 0.15) is 5.75 Å². The van der Waals surface area contributed by atoms with Crippen molar-refractivity contribution in [2.24, 2.45) is 0 Å². The summed E-state index contributed by atoms with van der Waals surface area (Å²) < 4.78 is 69.2. The van der Waals surface area contributed by atoms with E-state index in [2.05, 4.69) is 4.28 Å². The zero-order chi connectivity index (χ0) is 20.0. The van der Waals surface area contributed by atoms with E-state index in [0.29, 0.717) is 0 Å². The van der Waals surface area contributed by atoms with Crippen LogP contribution in [0.2, 0.25) is 0 Å². The monoisotopic (exact) mass is 401 g/mol. The van der Waals surface area contributed by atoms with Gasteiger partial charge in [-0.2, -0.15) is 21.6 Å². The summed E-state index contributed by atoms with van der Waals surface area (Å²) >= 11 is 0. The van der Waals surface area contributed by atoms with Crippen molar-refractivity contribution >= 4 is 31.7 Å². The Bertz CT molecular complexity index is 1280. The summed E-state index contributed by atoms with van der Waals surface area (Å²) in [4.78, 5) is 25.3. The Morgan fingerprint density at radius 3 is 2.04 bits per heavy atom. The van der Waals surface area contributed by atoms with Gasteiger partial charge in [-0.15, -0.1) is 0 Å². The number of ether oxygens (including phenoxy) is 1. The summed E-state index contributed by atoms with van der Waals surface area (Å²) in [5, 5.41) is -0.0265. The van der Waals surface area contributed by atoms with Crippen LogP contribution in [-0.2, 0) is 10.1 Å². The summed E-state index contributed by atoms with van der Waals surface area (Å²) in [6, 6.07) is 9.74. The molecule has 0 amide bonds. The Hall–Kier alpha value is -3.08. The number of hydrogen-bond acceptors (Lipinski definition) is 6. The van der Waals surface area contributed by atoms with Crippen LogP contribution in [0.1, 0.15) is 0 Å². The van der Waals surface area contributed by atoms with E-state index in [4.69, 9.17) is 4.74 Å². The molecule has 0 fully saturated rings. The predicted octanol–water partition coefficient (Wildman–Crippen LogP) is 1.80. The molecule has 7 nitrogen and oxygen atoms in total. The van der Waals surface area contributed by atoms with Gasteiger partial charge in [0.2, 0.25) is 0 Å². The molecular formula is C16H10F3NO6S. The van der Waals surface area contributed by atoms with Gasteiger partial charge in [-0.3, -0.25) is 13.9 Å². The van der Waals surface area contributed by atoms with Gasteiger partial charge in [0, 0.05) is 0 Å². The molecule has 0 saturated carbocycles. The molecule has 0 atom stereocenters. The molecule has 142 valence electrons. The van der Waals surface area contributed by atoms with Crippen LogP contribution in [0.5, 0.6) is 5.75 Å². The maximum atomic E-state index is 12.7. The molecule has 1 aromatic heterocycles. The lowest BCUT2D eigenvalue weighted by Gasteiger charge is -2.08. The second-order valence-electron chi connectivity index (χ2n) is 5.34. The van der Waals surface area contributed by atoms with Gasteiger partial charge in [0.25, 0.3) is 11.1 Å². The van der Waals surface area contributed by atoms with Gasteiger partial charge < -0.3 is 4.74 Å². The molecule has 0 radical (unpaired) electrons. The highest BCUT2D eigenvalue weighted by Crippen LogP contribution is 2.25. The lowest BCUT2D eigenvalue weighted by molar-refractivity contribution is -0.0551. The van der Waals surface area contributed by atoms with Gasteiger partial charge in [-0.1, -0.05) is 22.9 Å². The smallest absolute Gasteiger partial charge is 0.497 e. The van der Waals surface area contributed by atoms with Crippen LogP contribution in [0.3, 0.4) is 0 Å². The lowest BCUT2D eigenvalue weighted by atomic mass is 10.1. The van der Waals surface area contributed by atoms with Gasteiger partial charge in [0.05, 0.1) is 17.9 Å². The number of nitrogens with zero attached hydrogens (tertiary/aromatic N) is 1. The van der Waals surface area contributed by atoms with Crippen LogP contribution in [0.25, 0.3) is 21.5 Å². The van der Waals surface area contributed by atoms with E-state index in [1.807, 2.05) is 0 Å². The Morgan fingerprint density at radius 1 is 0.889 bits per heavy atom. The zero-order valence-corrected chi connectivity index (χ0v) is 14.3. The topological polar surface area (TPSA) is 91.7 Å². The fourth-order valence-electron chi connectivity index (χ4n) is 2.49. The molecule has 0 aliphatic heterocycles. The van der Waals surface area contributed by atoms with E-state index >= 15 is 0 Å². The molecule has 0 bridgehead atoms. The van der Waals surface area contributed by atoms with Crippen LogP contribution in [0.15, 0.2) is 52.1 Å². The Morgan fingerprint density at radius 2 is 1.44 bits per heavy atom. The van der Waals surface area contributed by atoms with Crippen LogP contribution in [0, 0.1) is 0 Å². The first-order chi connectivity index (χ1) is 12.6. The Balaban J connectivity index is 2.54. The van der Waals surface area contributed by atoms with Gasteiger partial charge in [-0.25, -0.2) is 0 Å². The third kappa shape index (κ3) is 3.10. The van der Waals surface area contributed by atoms with E-state index in [9.17, 15) is 31.2 Å². The third-order valence-electron chi connectivity index (χ3n) is 3.73. The number of halogens is 3. The maximum Gasteiger partial charge on any atom is 0.536 e. The molecule has 27 heavy (non-hydrogen) atoms. The quantitative estimate of drug-likeness (QED) is 0.622. The van der Waals surface area contributed by atoms with Gasteiger partial charge in [0.15, 0.2) is 0 Å². The summed E-state index contributed by atoms with van der Waals surface area (Å²) in [5.41, 5.74) is -8.55. The second kappa shape index (κ2) is 6.27. The number of methoxy groups -OCH3 is 1. The summed E-state index contributed by atoms with van der Waals surface area (Å²) in [7, 11) is -4.95. The van der Waals surface area contributed by atoms with Gasteiger partial charge in [-0.05, 0) is 35.0 Å².